The molecule has 0 heterocycles. The Kier molecular flexibility index (Phi) is 9.23. The van der Waals surface area contributed by atoms with Gasteiger partial charge in [-0.05, 0) is 35.4 Å². The molecular weight excluding hydrogens is 524 g/mol. The summed E-state index contributed by atoms with van der Waals surface area (Å²) in [5, 5.41) is 3.05. The fraction of sp³-hybridized carbons (Fsp3) is 0.231. The van der Waals surface area contributed by atoms with Gasteiger partial charge in [-0.1, -0.05) is 54.1 Å². The number of halogens is 3. The number of hydrogen-bond acceptors (Lipinski definition) is 4. The number of sulfonamides is 1. The van der Waals surface area contributed by atoms with E-state index in [1.165, 1.54) is 11.9 Å². The molecule has 3 rings (SSSR count). The molecule has 1 N–H and O–H groups in total. The van der Waals surface area contributed by atoms with E-state index in [4.69, 9.17) is 11.6 Å². The highest BCUT2D eigenvalue weighted by Crippen LogP contribution is 2.22. The largest absolute Gasteiger partial charge is 0.357 e. The molecule has 0 aliphatic carbocycles. The van der Waals surface area contributed by atoms with Crippen molar-refractivity contribution in [3.8, 4) is 0 Å². The van der Waals surface area contributed by atoms with Crippen molar-refractivity contribution in [2.24, 2.45) is 0 Å². The van der Waals surface area contributed by atoms with Crippen molar-refractivity contribution in [1.82, 2.24) is 10.2 Å². The molecule has 0 aromatic heterocycles. The summed E-state index contributed by atoms with van der Waals surface area (Å²) < 4.78 is 53.2. The van der Waals surface area contributed by atoms with Gasteiger partial charge < -0.3 is 10.2 Å². The van der Waals surface area contributed by atoms with Crippen LogP contribution in [0.5, 0.6) is 0 Å². The quantitative estimate of drug-likeness (QED) is 0.417. The van der Waals surface area contributed by atoms with Gasteiger partial charge in [-0.15, -0.1) is 0 Å². The Balaban J connectivity index is 2.03. The van der Waals surface area contributed by atoms with Crippen LogP contribution in [0.1, 0.15) is 11.1 Å². The van der Waals surface area contributed by atoms with Crippen LogP contribution < -0.4 is 9.62 Å². The second kappa shape index (κ2) is 12.2. The topological polar surface area (TPSA) is 86.8 Å². The summed E-state index contributed by atoms with van der Waals surface area (Å²) in [6.45, 7) is -0.768. The van der Waals surface area contributed by atoms with E-state index in [2.05, 4.69) is 5.32 Å². The first-order valence-corrected chi connectivity index (χ1v) is 13.4. The van der Waals surface area contributed by atoms with Gasteiger partial charge in [0, 0.05) is 31.1 Å². The Hall–Kier alpha value is -3.50. The summed E-state index contributed by atoms with van der Waals surface area (Å²) >= 11 is 5.99. The predicted octanol–water partition coefficient (Wildman–Crippen LogP) is 3.77. The van der Waals surface area contributed by atoms with Crippen LogP contribution in [-0.4, -0.2) is 51.0 Å². The molecule has 0 aliphatic heterocycles. The number of carbonyl (C=O) groups is 2. The van der Waals surface area contributed by atoms with E-state index in [0.717, 1.165) is 24.0 Å². The third-order valence-electron chi connectivity index (χ3n) is 5.65. The molecule has 37 heavy (non-hydrogen) atoms. The van der Waals surface area contributed by atoms with Gasteiger partial charge in [-0.2, -0.15) is 0 Å². The van der Waals surface area contributed by atoms with Crippen LogP contribution in [0.25, 0.3) is 0 Å². The monoisotopic (exact) mass is 549 g/mol. The van der Waals surface area contributed by atoms with Crippen LogP contribution in [0.15, 0.2) is 72.8 Å². The minimum atomic E-state index is -4.09. The van der Waals surface area contributed by atoms with E-state index in [9.17, 15) is 26.8 Å². The average molecular weight is 550 g/mol. The zero-order chi connectivity index (χ0) is 27.2. The van der Waals surface area contributed by atoms with Crippen molar-refractivity contribution in [3.05, 3.63) is 101 Å². The smallest absolute Gasteiger partial charge is 0.244 e. The Morgan fingerprint density at radius 3 is 2.16 bits per heavy atom. The summed E-state index contributed by atoms with van der Waals surface area (Å²) in [4.78, 5) is 28.0. The van der Waals surface area contributed by atoms with Crippen molar-refractivity contribution in [3.63, 3.8) is 0 Å². The fourth-order valence-corrected chi connectivity index (χ4v) is 4.73. The number of hydrogen-bond donors (Lipinski definition) is 1. The summed E-state index contributed by atoms with van der Waals surface area (Å²) in [5.41, 5.74) is 1.21. The molecule has 7 nitrogen and oxygen atoms in total. The maximum Gasteiger partial charge on any atom is 0.244 e. The first kappa shape index (κ1) is 28.1. The van der Waals surface area contributed by atoms with Gasteiger partial charge in [0.1, 0.15) is 12.6 Å². The van der Waals surface area contributed by atoms with E-state index in [1.54, 1.807) is 36.4 Å². The Labute approximate surface area is 219 Å². The maximum absolute atomic E-state index is 13.9. The second-order valence-electron chi connectivity index (χ2n) is 8.34. The fourth-order valence-electron chi connectivity index (χ4n) is 3.76. The van der Waals surface area contributed by atoms with Crippen molar-refractivity contribution in [1.29, 1.82) is 0 Å². The van der Waals surface area contributed by atoms with Crippen molar-refractivity contribution in [2.75, 3.05) is 24.2 Å². The molecule has 1 atom stereocenters. The summed E-state index contributed by atoms with van der Waals surface area (Å²) in [6, 6.07) is 17.2. The van der Waals surface area contributed by atoms with Crippen LogP contribution in [-0.2, 0) is 32.6 Å². The van der Waals surface area contributed by atoms with Crippen LogP contribution >= 0.6 is 11.6 Å². The van der Waals surface area contributed by atoms with E-state index in [0.29, 0.717) is 21.0 Å². The standard InChI is InChI=1S/C26H26ClF2N3O4S/c1-30-26(34)24(14-18-6-4-3-5-7-18)31(16-19-8-10-20(27)11-9-19)25(33)17-32(37(2,35)36)21-12-13-22(28)23(29)15-21/h3-13,15,24H,14,16-17H2,1-2H3,(H,30,34)/t24-/m1/s1. The molecule has 3 aromatic rings. The number of carbonyl (C=O) groups excluding carboxylic acids is 2. The molecule has 2 amide bonds. The van der Waals surface area contributed by atoms with Crippen LogP contribution in [0, 0.1) is 11.6 Å². The van der Waals surface area contributed by atoms with Gasteiger partial charge in [0.25, 0.3) is 0 Å². The SMILES string of the molecule is CNC(=O)[C@@H](Cc1ccccc1)N(Cc1ccc(Cl)cc1)C(=O)CN(c1ccc(F)c(F)c1)S(C)(=O)=O. The van der Waals surface area contributed by atoms with Crippen LogP contribution in [0.2, 0.25) is 5.02 Å². The molecule has 0 saturated carbocycles. The lowest BCUT2D eigenvalue weighted by Crippen LogP contribution is -2.52. The van der Waals surface area contributed by atoms with Crippen molar-refractivity contribution >= 4 is 39.1 Å². The predicted molar refractivity (Wildman–Crippen MR) is 139 cm³/mol. The summed E-state index contributed by atoms with van der Waals surface area (Å²) in [7, 11) is -2.65. The number of rotatable bonds is 10. The molecule has 0 spiro atoms. The lowest BCUT2D eigenvalue weighted by atomic mass is 10.0. The van der Waals surface area contributed by atoms with Crippen molar-refractivity contribution in [2.45, 2.75) is 19.0 Å². The van der Waals surface area contributed by atoms with Gasteiger partial charge in [0.15, 0.2) is 11.6 Å². The summed E-state index contributed by atoms with van der Waals surface area (Å²) in [6.07, 6.45) is 1.01. The van der Waals surface area contributed by atoms with E-state index < -0.39 is 46.1 Å². The summed E-state index contributed by atoms with van der Waals surface area (Å²) in [5.74, 6) is -3.58. The van der Waals surface area contributed by atoms with Crippen LogP contribution in [0.4, 0.5) is 14.5 Å². The number of benzene rings is 3. The third kappa shape index (κ3) is 7.50. The first-order chi connectivity index (χ1) is 17.5. The molecule has 0 aliphatic rings. The van der Waals surface area contributed by atoms with Crippen molar-refractivity contribution < 1.29 is 26.8 Å². The molecule has 0 saturated heterocycles. The zero-order valence-corrected chi connectivity index (χ0v) is 21.8. The molecule has 196 valence electrons. The second-order valence-corrected chi connectivity index (χ2v) is 10.7. The highest BCUT2D eigenvalue weighted by atomic mass is 35.5. The highest BCUT2D eigenvalue weighted by Gasteiger charge is 2.32. The number of amides is 2. The molecule has 11 heteroatoms. The lowest BCUT2D eigenvalue weighted by molar-refractivity contribution is -0.139. The molecular formula is C26H26ClF2N3O4S. The highest BCUT2D eigenvalue weighted by molar-refractivity contribution is 7.92. The number of nitrogens with one attached hydrogen (secondary N) is 1. The van der Waals surface area contributed by atoms with Gasteiger partial charge >= 0.3 is 0 Å². The minimum absolute atomic E-state index is 0.0314. The Morgan fingerprint density at radius 1 is 0.946 bits per heavy atom. The number of nitrogens with zero attached hydrogens (tertiary/aromatic N) is 2. The third-order valence-corrected chi connectivity index (χ3v) is 7.05. The molecule has 0 unspecified atom stereocenters. The van der Waals surface area contributed by atoms with E-state index >= 15 is 0 Å². The van der Waals surface area contributed by atoms with Crippen LogP contribution in [0.3, 0.4) is 0 Å². The van der Waals surface area contributed by atoms with Gasteiger partial charge in [0.2, 0.25) is 21.8 Å². The molecule has 0 fully saturated rings. The Bertz CT molecular complexity index is 1360. The normalized spacial score (nSPS) is 12.0. The zero-order valence-electron chi connectivity index (χ0n) is 20.2. The molecule has 0 radical (unpaired) electrons. The van der Waals surface area contributed by atoms with Gasteiger partial charge in [-0.3, -0.25) is 13.9 Å². The number of anilines is 1. The number of likely N-dealkylation sites (N-methyl/N-ethyl adjacent to an activating group) is 1. The first-order valence-electron chi connectivity index (χ1n) is 11.2. The van der Waals surface area contributed by atoms with E-state index in [1.807, 2.05) is 18.2 Å². The minimum Gasteiger partial charge on any atom is -0.357 e. The average Bonchev–Trinajstić information content (AvgIpc) is 2.87. The van der Waals surface area contributed by atoms with Gasteiger partial charge in [-0.25, -0.2) is 17.2 Å². The molecule has 3 aromatic carbocycles. The lowest BCUT2D eigenvalue weighted by Gasteiger charge is -2.33. The maximum atomic E-state index is 13.9. The molecule has 0 bridgehead atoms. The Morgan fingerprint density at radius 2 is 1.59 bits per heavy atom. The van der Waals surface area contributed by atoms with Gasteiger partial charge in [0.05, 0.1) is 11.9 Å². The van der Waals surface area contributed by atoms with E-state index in [-0.39, 0.29) is 18.7 Å².